The number of carbonyl (C=O) groups is 1. The average Bonchev–Trinajstić information content (AvgIpc) is 2.36. The van der Waals surface area contributed by atoms with Crippen molar-refractivity contribution in [1.82, 2.24) is 10.2 Å². The van der Waals surface area contributed by atoms with Gasteiger partial charge in [0.25, 0.3) is 0 Å². The van der Waals surface area contributed by atoms with Gasteiger partial charge in [0.05, 0.1) is 6.54 Å². The third kappa shape index (κ3) is 5.50. The summed E-state index contributed by atoms with van der Waals surface area (Å²) in [5.74, 6) is 0.113. The van der Waals surface area contributed by atoms with Crippen molar-refractivity contribution < 1.29 is 4.79 Å². The number of likely N-dealkylation sites (N-methyl/N-ethyl adjacent to an activating group) is 2. The molecular weight excluding hydrogens is 212 g/mol. The maximum Gasteiger partial charge on any atom is 0.234 e. The van der Waals surface area contributed by atoms with Crippen LogP contribution in [0.15, 0.2) is 30.3 Å². The van der Waals surface area contributed by atoms with E-state index < -0.39 is 0 Å². The first-order valence-corrected chi connectivity index (χ1v) is 6.29. The predicted molar refractivity (Wildman–Crippen MR) is 70.9 cm³/mol. The molecule has 0 saturated carbocycles. The van der Waals surface area contributed by atoms with Crippen molar-refractivity contribution in [2.45, 2.75) is 20.3 Å². The molecule has 0 heterocycles. The maximum atomic E-state index is 11.5. The van der Waals surface area contributed by atoms with Crippen LogP contribution >= 0.6 is 0 Å². The van der Waals surface area contributed by atoms with Gasteiger partial charge in [-0.1, -0.05) is 37.3 Å². The molecule has 0 bridgehead atoms. The predicted octanol–water partition coefficient (Wildman–Crippen LogP) is 1.69. The molecule has 17 heavy (non-hydrogen) atoms. The summed E-state index contributed by atoms with van der Waals surface area (Å²) in [6.45, 7) is 7.07. The van der Waals surface area contributed by atoms with Gasteiger partial charge in [-0.25, -0.2) is 0 Å². The third-order valence-corrected chi connectivity index (χ3v) is 2.75. The topological polar surface area (TPSA) is 32.3 Å². The molecular formula is C14H22N2O. The molecule has 94 valence electrons. The Morgan fingerprint density at radius 1 is 1.24 bits per heavy atom. The zero-order chi connectivity index (χ0) is 12.5. The summed E-state index contributed by atoms with van der Waals surface area (Å²) in [5.41, 5.74) is 1.32. The van der Waals surface area contributed by atoms with Gasteiger partial charge in [0.2, 0.25) is 5.91 Å². The van der Waals surface area contributed by atoms with Crippen LogP contribution in [0.2, 0.25) is 0 Å². The Hall–Kier alpha value is -1.35. The quantitative estimate of drug-likeness (QED) is 0.778. The van der Waals surface area contributed by atoms with E-state index in [2.05, 4.69) is 41.4 Å². The minimum absolute atomic E-state index is 0.113. The van der Waals surface area contributed by atoms with Crippen LogP contribution in [0, 0.1) is 0 Å². The van der Waals surface area contributed by atoms with E-state index in [4.69, 9.17) is 0 Å². The van der Waals surface area contributed by atoms with E-state index in [1.165, 1.54) is 5.56 Å². The summed E-state index contributed by atoms with van der Waals surface area (Å²) in [5, 5.41) is 2.83. The van der Waals surface area contributed by atoms with Gasteiger partial charge >= 0.3 is 0 Å². The van der Waals surface area contributed by atoms with Gasteiger partial charge in [0.15, 0.2) is 0 Å². The molecule has 3 nitrogen and oxygen atoms in total. The number of carbonyl (C=O) groups excluding carboxylic acids is 1. The molecule has 1 aromatic rings. The van der Waals surface area contributed by atoms with E-state index in [0.717, 1.165) is 19.5 Å². The number of amides is 1. The highest BCUT2D eigenvalue weighted by molar-refractivity contribution is 5.77. The molecule has 1 aromatic carbocycles. The zero-order valence-electron chi connectivity index (χ0n) is 10.8. The van der Waals surface area contributed by atoms with Crippen molar-refractivity contribution in [3.05, 3.63) is 35.9 Å². The van der Waals surface area contributed by atoms with Gasteiger partial charge in [-0.3, -0.25) is 9.69 Å². The lowest BCUT2D eigenvalue weighted by Gasteiger charge is -2.19. The number of rotatable bonds is 7. The van der Waals surface area contributed by atoms with Crippen LogP contribution in [0.25, 0.3) is 0 Å². The van der Waals surface area contributed by atoms with Crippen LogP contribution in [-0.2, 0) is 11.2 Å². The Kier molecular flexibility index (Phi) is 6.33. The summed E-state index contributed by atoms with van der Waals surface area (Å²) >= 11 is 0. The lowest BCUT2D eigenvalue weighted by molar-refractivity contribution is -0.122. The van der Waals surface area contributed by atoms with Crippen LogP contribution in [0.4, 0.5) is 0 Å². The molecule has 0 spiro atoms. The Morgan fingerprint density at radius 2 is 1.94 bits per heavy atom. The van der Waals surface area contributed by atoms with E-state index in [1.54, 1.807) is 0 Å². The Morgan fingerprint density at radius 3 is 2.53 bits per heavy atom. The summed E-state index contributed by atoms with van der Waals surface area (Å²) in [4.78, 5) is 13.6. The highest BCUT2D eigenvalue weighted by atomic mass is 16.2. The van der Waals surface area contributed by atoms with Gasteiger partial charge in [-0.15, -0.1) is 0 Å². The molecule has 0 unspecified atom stereocenters. The lowest BCUT2D eigenvalue weighted by Crippen LogP contribution is -2.38. The Balaban J connectivity index is 2.34. The molecule has 0 aliphatic heterocycles. The van der Waals surface area contributed by atoms with Gasteiger partial charge in [0.1, 0.15) is 0 Å². The minimum atomic E-state index is 0.113. The maximum absolute atomic E-state index is 11.5. The fourth-order valence-corrected chi connectivity index (χ4v) is 1.74. The second-order valence-corrected chi connectivity index (χ2v) is 4.06. The molecule has 0 atom stereocenters. The van der Waals surface area contributed by atoms with Crippen LogP contribution in [0.5, 0.6) is 0 Å². The third-order valence-electron chi connectivity index (χ3n) is 2.75. The number of nitrogens with zero attached hydrogens (tertiary/aromatic N) is 1. The number of hydrogen-bond donors (Lipinski definition) is 1. The number of hydrogen-bond acceptors (Lipinski definition) is 2. The molecule has 0 fully saturated rings. The summed E-state index contributed by atoms with van der Waals surface area (Å²) < 4.78 is 0. The van der Waals surface area contributed by atoms with E-state index >= 15 is 0 Å². The highest BCUT2D eigenvalue weighted by Crippen LogP contribution is 2.01. The molecule has 0 saturated heterocycles. The van der Waals surface area contributed by atoms with Gasteiger partial charge in [-0.05, 0) is 25.5 Å². The first-order valence-electron chi connectivity index (χ1n) is 6.29. The van der Waals surface area contributed by atoms with Crippen LogP contribution in [0.1, 0.15) is 19.4 Å². The van der Waals surface area contributed by atoms with E-state index in [-0.39, 0.29) is 5.91 Å². The molecule has 1 rings (SSSR count). The fourth-order valence-electron chi connectivity index (χ4n) is 1.74. The molecule has 1 N–H and O–H groups in total. The molecule has 0 aliphatic rings. The van der Waals surface area contributed by atoms with Crippen molar-refractivity contribution in [2.75, 3.05) is 26.2 Å². The Labute approximate surface area is 104 Å². The average molecular weight is 234 g/mol. The second-order valence-electron chi connectivity index (χ2n) is 4.06. The minimum Gasteiger partial charge on any atom is -0.355 e. The van der Waals surface area contributed by atoms with Gasteiger partial charge in [0, 0.05) is 13.1 Å². The zero-order valence-corrected chi connectivity index (χ0v) is 10.8. The van der Waals surface area contributed by atoms with Crippen molar-refractivity contribution in [2.24, 2.45) is 0 Å². The van der Waals surface area contributed by atoms with Crippen LogP contribution in [0.3, 0.4) is 0 Å². The van der Waals surface area contributed by atoms with Crippen molar-refractivity contribution in [1.29, 1.82) is 0 Å². The SMILES string of the molecule is CCNC(=O)CN(CC)CCc1ccccc1. The van der Waals surface area contributed by atoms with Gasteiger partial charge in [-0.2, -0.15) is 0 Å². The van der Waals surface area contributed by atoms with Crippen LogP contribution < -0.4 is 5.32 Å². The van der Waals surface area contributed by atoms with Gasteiger partial charge < -0.3 is 5.32 Å². The van der Waals surface area contributed by atoms with Crippen molar-refractivity contribution in [3.63, 3.8) is 0 Å². The highest BCUT2D eigenvalue weighted by Gasteiger charge is 2.07. The first kappa shape index (κ1) is 13.7. The van der Waals surface area contributed by atoms with E-state index in [9.17, 15) is 4.79 Å². The lowest BCUT2D eigenvalue weighted by atomic mass is 10.1. The molecule has 3 heteroatoms. The molecule has 0 aromatic heterocycles. The Bertz CT molecular complexity index is 324. The smallest absolute Gasteiger partial charge is 0.234 e. The first-order chi connectivity index (χ1) is 8.26. The second kappa shape index (κ2) is 7.85. The fraction of sp³-hybridized carbons (Fsp3) is 0.500. The summed E-state index contributed by atoms with van der Waals surface area (Å²) in [7, 11) is 0. The molecule has 0 radical (unpaired) electrons. The standard InChI is InChI=1S/C14H22N2O/c1-3-15-14(17)12-16(4-2)11-10-13-8-6-5-7-9-13/h5-9H,3-4,10-12H2,1-2H3,(H,15,17). The van der Waals surface area contributed by atoms with E-state index in [1.807, 2.05) is 13.0 Å². The molecule has 1 amide bonds. The number of benzene rings is 1. The van der Waals surface area contributed by atoms with Crippen molar-refractivity contribution in [3.8, 4) is 0 Å². The van der Waals surface area contributed by atoms with E-state index in [0.29, 0.717) is 13.1 Å². The van der Waals surface area contributed by atoms with Crippen molar-refractivity contribution >= 4 is 5.91 Å². The number of nitrogens with one attached hydrogen (secondary N) is 1. The molecule has 0 aliphatic carbocycles. The summed E-state index contributed by atoms with van der Waals surface area (Å²) in [6, 6.07) is 10.4. The normalized spacial score (nSPS) is 10.5. The largest absolute Gasteiger partial charge is 0.355 e. The van der Waals surface area contributed by atoms with Crippen LogP contribution in [-0.4, -0.2) is 37.0 Å². The monoisotopic (exact) mass is 234 g/mol. The summed E-state index contributed by atoms with van der Waals surface area (Å²) in [6.07, 6.45) is 0.994.